The summed E-state index contributed by atoms with van der Waals surface area (Å²) in [6.07, 6.45) is 0.124. The summed E-state index contributed by atoms with van der Waals surface area (Å²) >= 11 is 1.22. The van der Waals surface area contributed by atoms with E-state index < -0.39 is 9.84 Å². The Bertz CT molecular complexity index is 485. The maximum absolute atomic E-state index is 11.6. The lowest BCUT2D eigenvalue weighted by atomic mass is 10.2. The molecule has 1 aromatic heterocycles. The summed E-state index contributed by atoms with van der Waals surface area (Å²) in [6.45, 7) is 0.402. The van der Waals surface area contributed by atoms with Crippen molar-refractivity contribution in [1.82, 2.24) is 15.5 Å². The van der Waals surface area contributed by atoms with Gasteiger partial charge in [-0.3, -0.25) is 4.79 Å². The van der Waals surface area contributed by atoms with Gasteiger partial charge in [0.05, 0.1) is 11.5 Å². The molecule has 0 aliphatic carbocycles. The zero-order chi connectivity index (χ0) is 12.3. The molecule has 1 saturated heterocycles. The van der Waals surface area contributed by atoms with E-state index in [4.69, 9.17) is 0 Å². The number of nitrogens with one attached hydrogen (secondary N) is 2. The molecule has 0 bridgehead atoms. The molecule has 1 amide bonds. The van der Waals surface area contributed by atoms with E-state index in [9.17, 15) is 13.2 Å². The number of carbonyl (C=O) groups is 1. The third kappa shape index (κ3) is 3.72. The van der Waals surface area contributed by atoms with Gasteiger partial charge in [-0.05, 0) is 0 Å². The number of aromatic nitrogens is 2. The highest BCUT2D eigenvalue weighted by Gasteiger charge is 2.26. The molecule has 2 rings (SSSR count). The monoisotopic (exact) mass is 276 g/mol. The Morgan fingerprint density at radius 2 is 2.47 bits per heavy atom. The van der Waals surface area contributed by atoms with Crippen LogP contribution in [0.25, 0.3) is 0 Å². The van der Waals surface area contributed by atoms with Crippen molar-refractivity contribution in [2.75, 3.05) is 23.4 Å². The van der Waals surface area contributed by atoms with Crippen molar-refractivity contribution in [2.24, 2.45) is 0 Å². The van der Waals surface area contributed by atoms with Gasteiger partial charge in [-0.1, -0.05) is 11.3 Å². The lowest BCUT2D eigenvalue weighted by Gasteiger charge is -2.22. The lowest BCUT2D eigenvalue weighted by Crippen LogP contribution is -2.46. The molecule has 17 heavy (non-hydrogen) atoms. The number of hydrogen-bond acceptors (Lipinski definition) is 7. The Balaban J connectivity index is 1.86. The standard InChI is InChI=1S/C8H12N4O3S2/c13-7(11-8-12-10-5-16-8)3-6-4-17(14,15)2-1-9-6/h5-6,9H,1-4H2,(H,11,12,13). The molecule has 0 radical (unpaired) electrons. The van der Waals surface area contributed by atoms with Crippen LogP contribution in [0.15, 0.2) is 5.51 Å². The Morgan fingerprint density at radius 3 is 3.12 bits per heavy atom. The van der Waals surface area contributed by atoms with Crippen LogP contribution in [0.3, 0.4) is 0 Å². The number of nitrogens with zero attached hydrogens (tertiary/aromatic N) is 2. The van der Waals surface area contributed by atoms with Crippen molar-refractivity contribution in [2.45, 2.75) is 12.5 Å². The Morgan fingerprint density at radius 1 is 1.65 bits per heavy atom. The van der Waals surface area contributed by atoms with Crippen LogP contribution >= 0.6 is 11.3 Å². The second-order valence-electron chi connectivity index (χ2n) is 3.76. The van der Waals surface area contributed by atoms with Crippen LogP contribution in [0.4, 0.5) is 5.13 Å². The van der Waals surface area contributed by atoms with Crippen LogP contribution in [0.5, 0.6) is 0 Å². The topological polar surface area (TPSA) is 101 Å². The van der Waals surface area contributed by atoms with Gasteiger partial charge in [0.15, 0.2) is 9.84 Å². The summed E-state index contributed by atoms with van der Waals surface area (Å²) in [5, 5.41) is 13.3. The molecule has 2 N–H and O–H groups in total. The molecule has 94 valence electrons. The first-order valence-corrected chi connectivity index (χ1v) is 7.75. The van der Waals surface area contributed by atoms with Crippen molar-refractivity contribution in [3.8, 4) is 0 Å². The summed E-state index contributed by atoms with van der Waals surface area (Å²) < 4.78 is 22.7. The van der Waals surface area contributed by atoms with E-state index in [2.05, 4.69) is 20.8 Å². The van der Waals surface area contributed by atoms with Crippen LogP contribution in [0.2, 0.25) is 0 Å². The largest absolute Gasteiger partial charge is 0.311 e. The fourth-order valence-electron chi connectivity index (χ4n) is 1.62. The average molecular weight is 276 g/mol. The molecule has 1 fully saturated rings. The maximum atomic E-state index is 11.6. The second-order valence-corrected chi connectivity index (χ2v) is 6.82. The van der Waals surface area contributed by atoms with Crippen molar-refractivity contribution < 1.29 is 13.2 Å². The summed E-state index contributed by atoms with van der Waals surface area (Å²) in [7, 11) is -3.01. The molecular weight excluding hydrogens is 264 g/mol. The van der Waals surface area contributed by atoms with Crippen LogP contribution in [-0.4, -0.2) is 48.6 Å². The van der Waals surface area contributed by atoms with E-state index in [-0.39, 0.29) is 29.9 Å². The smallest absolute Gasteiger partial charge is 0.227 e. The lowest BCUT2D eigenvalue weighted by molar-refractivity contribution is -0.116. The molecule has 1 aliphatic heterocycles. The van der Waals surface area contributed by atoms with Gasteiger partial charge in [0, 0.05) is 19.0 Å². The van der Waals surface area contributed by atoms with Crippen LogP contribution < -0.4 is 10.6 Å². The predicted octanol–water partition coefficient (Wildman–Crippen LogP) is -0.747. The number of sulfone groups is 1. The highest BCUT2D eigenvalue weighted by molar-refractivity contribution is 7.91. The number of rotatable bonds is 3. The molecule has 9 heteroatoms. The molecular formula is C8H12N4O3S2. The first kappa shape index (κ1) is 12.4. The van der Waals surface area contributed by atoms with Crippen molar-refractivity contribution in [1.29, 1.82) is 0 Å². The van der Waals surface area contributed by atoms with Gasteiger partial charge in [0.25, 0.3) is 0 Å². The minimum atomic E-state index is -3.01. The zero-order valence-corrected chi connectivity index (χ0v) is 10.6. The molecule has 1 aliphatic rings. The summed E-state index contributed by atoms with van der Waals surface area (Å²) in [5.74, 6) is -0.103. The van der Waals surface area contributed by atoms with Crippen LogP contribution in [0.1, 0.15) is 6.42 Å². The fourth-order valence-corrected chi connectivity index (χ4v) is 3.53. The van der Waals surface area contributed by atoms with Gasteiger partial charge in [0.2, 0.25) is 11.0 Å². The van der Waals surface area contributed by atoms with E-state index in [1.54, 1.807) is 0 Å². The Labute approximate surface area is 103 Å². The quantitative estimate of drug-likeness (QED) is 0.753. The molecule has 1 aromatic rings. The van der Waals surface area contributed by atoms with Gasteiger partial charge in [-0.2, -0.15) is 0 Å². The first-order valence-electron chi connectivity index (χ1n) is 5.05. The molecule has 2 heterocycles. The minimum absolute atomic E-state index is 0.0105. The third-order valence-electron chi connectivity index (χ3n) is 2.34. The van der Waals surface area contributed by atoms with Crippen LogP contribution in [0, 0.1) is 0 Å². The van der Waals surface area contributed by atoms with E-state index in [1.807, 2.05) is 0 Å². The summed E-state index contributed by atoms with van der Waals surface area (Å²) in [6, 6.07) is -0.318. The number of carbonyl (C=O) groups excluding carboxylic acids is 1. The number of amides is 1. The molecule has 1 unspecified atom stereocenters. The highest BCUT2D eigenvalue weighted by Crippen LogP contribution is 2.10. The van der Waals surface area contributed by atoms with E-state index in [0.717, 1.165) is 0 Å². The summed E-state index contributed by atoms with van der Waals surface area (Å²) in [4.78, 5) is 11.6. The Kier molecular flexibility index (Phi) is 3.69. The maximum Gasteiger partial charge on any atom is 0.227 e. The summed E-state index contributed by atoms with van der Waals surface area (Å²) in [5.41, 5.74) is 1.51. The van der Waals surface area contributed by atoms with Gasteiger partial charge in [-0.25, -0.2) is 8.42 Å². The molecule has 0 spiro atoms. The zero-order valence-electron chi connectivity index (χ0n) is 8.92. The molecule has 1 atom stereocenters. The van der Waals surface area contributed by atoms with E-state index >= 15 is 0 Å². The van der Waals surface area contributed by atoms with E-state index in [1.165, 1.54) is 16.8 Å². The van der Waals surface area contributed by atoms with Crippen molar-refractivity contribution in [3.05, 3.63) is 5.51 Å². The predicted molar refractivity (Wildman–Crippen MR) is 63.6 cm³/mol. The normalized spacial score (nSPS) is 23.2. The molecule has 0 aromatic carbocycles. The van der Waals surface area contributed by atoms with Gasteiger partial charge >= 0.3 is 0 Å². The number of anilines is 1. The van der Waals surface area contributed by atoms with Crippen LogP contribution in [-0.2, 0) is 14.6 Å². The molecule has 7 nitrogen and oxygen atoms in total. The second kappa shape index (κ2) is 5.07. The first-order chi connectivity index (χ1) is 8.05. The number of hydrogen-bond donors (Lipinski definition) is 2. The van der Waals surface area contributed by atoms with Gasteiger partial charge in [0.1, 0.15) is 5.51 Å². The highest BCUT2D eigenvalue weighted by atomic mass is 32.2. The average Bonchev–Trinajstić information content (AvgIpc) is 2.68. The Hall–Kier alpha value is -1.06. The van der Waals surface area contributed by atoms with Gasteiger partial charge in [-0.15, -0.1) is 10.2 Å². The van der Waals surface area contributed by atoms with Crippen molar-refractivity contribution in [3.63, 3.8) is 0 Å². The van der Waals surface area contributed by atoms with Crippen molar-refractivity contribution >= 4 is 32.2 Å². The minimum Gasteiger partial charge on any atom is -0.311 e. The third-order valence-corrected chi connectivity index (χ3v) is 4.68. The van der Waals surface area contributed by atoms with E-state index in [0.29, 0.717) is 11.7 Å². The fraction of sp³-hybridized carbons (Fsp3) is 0.625. The molecule has 0 saturated carbocycles. The van der Waals surface area contributed by atoms with Gasteiger partial charge < -0.3 is 10.6 Å². The SMILES string of the molecule is O=C(CC1CS(=O)(=O)CCN1)Nc1nncs1.